The van der Waals surface area contributed by atoms with Gasteiger partial charge >= 0.3 is 5.97 Å². The summed E-state index contributed by atoms with van der Waals surface area (Å²) in [5.41, 5.74) is 0. The van der Waals surface area contributed by atoms with Crippen LogP contribution in [-0.4, -0.2) is 36.6 Å². The SMILES string of the molecule is CCOC(=O)C(C)CN(CC1CC1)C(C)C. The topological polar surface area (TPSA) is 29.5 Å². The second-order valence-electron chi connectivity index (χ2n) is 5.14. The maximum absolute atomic E-state index is 11.6. The van der Waals surface area contributed by atoms with Crippen LogP contribution in [0.1, 0.15) is 40.5 Å². The maximum Gasteiger partial charge on any atom is 0.309 e. The van der Waals surface area contributed by atoms with Crippen molar-refractivity contribution in [3.8, 4) is 0 Å². The highest BCUT2D eigenvalue weighted by Crippen LogP contribution is 2.30. The number of carbonyl (C=O) groups is 1. The third kappa shape index (κ3) is 4.52. The molecule has 16 heavy (non-hydrogen) atoms. The minimum atomic E-state index is -0.0658. The van der Waals surface area contributed by atoms with Gasteiger partial charge in [0.15, 0.2) is 0 Å². The van der Waals surface area contributed by atoms with E-state index < -0.39 is 0 Å². The molecule has 1 fully saturated rings. The van der Waals surface area contributed by atoms with Crippen LogP contribution < -0.4 is 0 Å². The van der Waals surface area contributed by atoms with Gasteiger partial charge in [0.05, 0.1) is 12.5 Å². The van der Waals surface area contributed by atoms with E-state index in [1.165, 1.54) is 12.8 Å². The molecule has 0 spiro atoms. The largest absolute Gasteiger partial charge is 0.466 e. The highest BCUT2D eigenvalue weighted by Gasteiger charge is 2.27. The van der Waals surface area contributed by atoms with E-state index in [1.54, 1.807) is 0 Å². The molecule has 1 saturated carbocycles. The van der Waals surface area contributed by atoms with E-state index in [-0.39, 0.29) is 11.9 Å². The molecular weight excluding hydrogens is 202 g/mol. The zero-order valence-corrected chi connectivity index (χ0v) is 11.0. The minimum absolute atomic E-state index is 0.0129. The molecule has 3 nitrogen and oxygen atoms in total. The van der Waals surface area contributed by atoms with Gasteiger partial charge in [0, 0.05) is 19.1 Å². The lowest BCUT2D eigenvalue weighted by molar-refractivity contribution is -0.148. The van der Waals surface area contributed by atoms with Crippen LogP contribution in [0.4, 0.5) is 0 Å². The fraction of sp³-hybridized carbons (Fsp3) is 0.923. The Kier molecular flexibility index (Phi) is 5.26. The molecule has 1 rings (SSSR count). The van der Waals surface area contributed by atoms with Gasteiger partial charge in [0.25, 0.3) is 0 Å². The van der Waals surface area contributed by atoms with Gasteiger partial charge in [0.1, 0.15) is 0 Å². The molecule has 0 bridgehead atoms. The van der Waals surface area contributed by atoms with Gasteiger partial charge in [-0.05, 0) is 39.5 Å². The van der Waals surface area contributed by atoms with Gasteiger partial charge in [-0.15, -0.1) is 0 Å². The quantitative estimate of drug-likeness (QED) is 0.625. The first-order valence-corrected chi connectivity index (χ1v) is 6.45. The fourth-order valence-corrected chi connectivity index (χ4v) is 1.84. The summed E-state index contributed by atoms with van der Waals surface area (Å²) in [5, 5.41) is 0. The van der Waals surface area contributed by atoms with E-state index >= 15 is 0 Å². The molecule has 0 amide bonds. The van der Waals surface area contributed by atoms with Crippen molar-refractivity contribution in [1.82, 2.24) is 4.90 Å². The Morgan fingerprint density at radius 3 is 2.44 bits per heavy atom. The molecule has 0 aromatic heterocycles. The smallest absolute Gasteiger partial charge is 0.309 e. The first-order chi connectivity index (χ1) is 7.54. The van der Waals surface area contributed by atoms with Crippen molar-refractivity contribution >= 4 is 5.97 Å². The summed E-state index contributed by atoms with van der Waals surface area (Å²) in [7, 11) is 0. The Morgan fingerprint density at radius 2 is 2.00 bits per heavy atom. The summed E-state index contributed by atoms with van der Waals surface area (Å²) in [6.45, 7) is 10.7. The van der Waals surface area contributed by atoms with Gasteiger partial charge in [-0.25, -0.2) is 0 Å². The summed E-state index contributed by atoms with van der Waals surface area (Å²) < 4.78 is 5.04. The van der Waals surface area contributed by atoms with Gasteiger partial charge in [0.2, 0.25) is 0 Å². The predicted molar refractivity (Wildman–Crippen MR) is 65.2 cm³/mol. The predicted octanol–water partition coefficient (Wildman–Crippen LogP) is 2.31. The molecule has 1 aliphatic carbocycles. The average molecular weight is 227 g/mol. The van der Waals surface area contributed by atoms with E-state index in [9.17, 15) is 4.79 Å². The van der Waals surface area contributed by atoms with Crippen molar-refractivity contribution in [2.75, 3.05) is 19.7 Å². The van der Waals surface area contributed by atoms with Crippen LogP contribution in [0.3, 0.4) is 0 Å². The second kappa shape index (κ2) is 6.24. The molecule has 3 heteroatoms. The number of hydrogen-bond acceptors (Lipinski definition) is 3. The molecule has 0 aromatic rings. The standard InChI is InChI=1S/C13H25NO2/c1-5-16-13(15)11(4)8-14(10(2)3)9-12-6-7-12/h10-12H,5-9H2,1-4H3. The Labute approximate surface area is 99.1 Å². The van der Waals surface area contributed by atoms with Crippen molar-refractivity contribution in [1.29, 1.82) is 0 Å². The summed E-state index contributed by atoms with van der Waals surface area (Å²) in [6, 6.07) is 0.512. The number of rotatable bonds is 7. The normalized spacial score (nSPS) is 17.9. The molecular formula is C13H25NO2. The van der Waals surface area contributed by atoms with Crippen molar-refractivity contribution in [2.24, 2.45) is 11.8 Å². The zero-order chi connectivity index (χ0) is 12.1. The Bertz CT molecular complexity index is 224. The molecule has 1 unspecified atom stereocenters. The van der Waals surface area contributed by atoms with Gasteiger partial charge < -0.3 is 4.74 Å². The van der Waals surface area contributed by atoms with Crippen LogP contribution >= 0.6 is 0 Å². The number of ether oxygens (including phenoxy) is 1. The van der Waals surface area contributed by atoms with Crippen LogP contribution in [-0.2, 0) is 9.53 Å². The lowest BCUT2D eigenvalue weighted by Gasteiger charge is -2.28. The number of nitrogens with zero attached hydrogens (tertiary/aromatic N) is 1. The first kappa shape index (κ1) is 13.5. The second-order valence-corrected chi connectivity index (χ2v) is 5.14. The highest BCUT2D eigenvalue weighted by molar-refractivity contribution is 5.72. The molecule has 0 saturated heterocycles. The monoisotopic (exact) mass is 227 g/mol. The molecule has 0 aromatic carbocycles. The fourth-order valence-electron chi connectivity index (χ4n) is 1.84. The van der Waals surface area contributed by atoms with Crippen LogP contribution in [0.25, 0.3) is 0 Å². The minimum Gasteiger partial charge on any atom is -0.466 e. The molecule has 0 heterocycles. The summed E-state index contributed by atoms with van der Waals surface area (Å²) >= 11 is 0. The van der Waals surface area contributed by atoms with Crippen molar-refractivity contribution in [3.05, 3.63) is 0 Å². The lowest BCUT2D eigenvalue weighted by Crippen LogP contribution is -2.38. The van der Waals surface area contributed by atoms with E-state index in [4.69, 9.17) is 4.74 Å². The Balaban J connectivity index is 2.36. The van der Waals surface area contributed by atoms with Gasteiger partial charge in [-0.3, -0.25) is 9.69 Å². The molecule has 0 aliphatic heterocycles. The summed E-state index contributed by atoms with van der Waals surface area (Å²) in [4.78, 5) is 14.0. The Hall–Kier alpha value is -0.570. The molecule has 1 atom stereocenters. The molecule has 0 radical (unpaired) electrons. The summed E-state index contributed by atoms with van der Waals surface area (Å²) in [5.74, 6) is 0.793. The van der Waals surface area contributed by atoms with Crippen LogP contribution in [0.15, 0.2) is 0 Å². The third-order valence-corrected chi connectivity index (χ3v) is 3.12. The average Bonchev–Trinajstić information content (AvgIpc) is 3.00. The molecule has 0 N–H and O–H groups in total. The van der Waals surface area contributed by atoms with Crippen molar-refractivity contribution < 1.29 is 9.53 Å². The summed E-state index contributed by atoms with van der Waals surface area (Å²) in [6.07, 6.45) is 2.72. The first-order valence-electron chi connectivity index (χ1n) is 6.45. The van der Waals surface area contributed by atoms with Crippen LogP contribution in [0.2, 0.25) is 0 Å². The number of esters is 1. The zero-order valence-electron chi connectivity index (χ0n) is 11.0. The molecule has 94 valence electrons. The van der Waals surface area contributed by atoms with Crippen LogP contribution in [0.5, 0.6) is 0 Å². The third-order valence-electron chi connectivity index (χ3n) is 3.12. The maximum atomic E-state index is 11.6. The van der Waals surface area contributed by atoms with E-state index in [2.05, 4.69) is 18.7 Å². The van der Waals surface area contributed by atoms with Gasteiger partial charge in [-0.1, -0.05) is 6.92 Å². The van der Waals surface area contributed by atoms with Crippen molar-refractivity contribution in [2.45, 2.75) is 46.6 Å². The van der Waals surface area contributed by atoms with Crippen LogP contribution in [0, 0.1) is 11.8 Å². The highest BCUT2D eigenvalue weighted by atomic mass is 16.5. The number of hydrogen-bond donors (Lipinski definition) is 0. The van der Waals surface area contributed by atoms with E-state index in [0.29, 0.717) is 12.6 Å². The van der Waals surface area contributed by atoms with Gasteiger partial charge in [-0.2, -0.15) is 0 Å². The Morgan fingerprint density at radius 1 is 1.38 bits per heavy atom. The van der Waals surface area contributed by atoms with E-state index in [1.807, 2.05) is 13.8 Å². The van der Waals surface area contributed by atoms with Crippen molar-refractivity contribution in [3.63, 3.8) is 0 Å². The molecule has 1 aliphatic rings. The van der Waals surface area contributed by atoms with E-state index in [0.717, 1.165) is 19.0 Å². The number of carbonyl (C=O) groups excluding carboxylic acids is 1. The lowest BCUT2D eigenvalue weighted by atomic mass is 10.1.